The number of benzene rings is 11. The Bertz CT molecular complexity index is 3400. The summed E-state index contributed by atoms with van der Waals surface area (Å²) in [5.41, 5.74) is 9.88. The Morgan fingerprint density at radius 2 is 0.724 bits per heavy atom. The van der Waals surface area contributed by atoms with Crippen molar-refractivity contribution in [3.63, 3.8) is 0 Å². The number of furan rings is 1. The van der Waals surface area contributed by atoms with Crippen LogP contribution in [0, 0.1) is 0 Å². The van der Waals surface area contributed by atoms with E-state index in [1.54, 1.807) is 0 Å². The van der Waals surface area contributed by atoms with Gasteiger partial charge in [-0.05, 0) is 131 Å². The minimum Gasteiger partial charge on any atom is -0.455 e. The van der Waals surface area contributed by atoms with Crippen molar-refractivity contribution >= 4 is 92.9 Å². The first-order valence-electron chi connectivity index (χ1n) is 19.9. The summed E-state index contributed by atoms with van der Waals surface area (Å²) in [4.78, 5) is 2.37. The van der Waals surface area contributed by atoms with Gasteiger partial charge in [-0.15, -0.1) is 0 Å². The first-order chi connectivity index (χ1) is 28.7. The maximum Gasteiger partial charge on any atom is 0.143 e. The van der Waals surface area contributed by atoms with Crippen LogP contribution in [-0.4, -0.2) is 0 Å². The molecule has 0 aliphatic rings. The Hall–Kier alpha value is -7.68. The molecule has 270 valence electrons. The maximum atomic E-state index is 6.55. The summed E-state index contributed by atoms with van der Waals surface area (Å²) in [7, 11) is 0. The van der Waals surface area contributed by atoms with Crippen molar-refractivity contribution < 1.29 is 4.42 Å². The second kappa shape index (κ2) is 12.9. The molecule has 11 aromatic carbocycles. The van der Waals surface area contributed by atoms with E-state index in [9.17, 15) is 0 Å². The Balaban J connectivity index is 1.02. The molecular weight excluding hydrogens is 703 g/mol. The highest BCUT2D eigenvalue weighted by Gasteiger charge is 2.18. The molecule has 0 unspecified atom stereocenters. The number of hydrogen-bond acceptors (Lipinski definition) is 2. The SMILES string of the molecule is c1ccc2c(c1)cc(-c1ccc(N(c3ccc(-c4cc5ccccc5c5ccccc45)cc3)c3ccc4ccc5c6ccccc6oc5c4c3)cc1)c1ccccc12. The molecule has 0 bridgehead atoms. The second-order valence-corrected chi connectivity index (χ2v) is 15.3. The average Bonchev–Trinajstić information content (AvgIpc) is 3.69. The van der Waals surface area contributed by atoms with Crippen LogP contribution in [0.15, 0.2) is 217 Å². The van der Waals surface area contributed by atoms with Crippen LogP contribution in [0.25, 0.3) is 98.1 Å². The third-order valence-corrected chi connectivity index (χ3v) is 12.0. The fourth-order valence-electron chi connectivity index (χ4n) is 9.24. The van der Waals surface area contributed by atoms with Crippen LogP contribution >= 0.6 is 0 Å². The van der Waals surface area contributed by atoms with Gasteiger partial charge in [-0.25, -0.2) is 0 Å². The van der Waals surface area contributed by atoms with Crippen LogP contribution in [0.2, 0.25) is 0 Å². The van der Waals surface area contributed by atoms with Gasteiger partial charge in [0, 0.05) is 33.2 Å². The standard InChI is InChI=1S/C56H35NO/c1-3-13-44-39(11-1)33-52(48-17-7-5-15-46(44)48)36-21-27-41(28-22-36)57(43-31-25-38-26-32-51-50-19-9-10-20-55(50)58-56(51)54(38)35-43)42-29-23-37(24-30-42)53-34-40-12-2-4-14-45(40)47-16-6-8-18-49(47)53/h1-35H. The first kappa shape index (κ1) is 32.6. The van der Waals surface area contributed by atoms with Crippen molar-refractivity contribution in [1.29, 1.82) is 0 Å². The fourth-order valence-corrected chi connectivity index (χ4v) is 9.24. The average molecular weight is 738 g/mol. The van der Waals surface area contributed by atoms with Crippen molar-refractivity contribution in [2.75, 3.05) is 4.90 Å². The van der Waals surface area contributed by atoms with Crippen molar-refractivity contribution in [2.24, 2.45) is 0 Å². The molecular formula is C56H35NO. The van der Waals surface area contributed by atoms with Crippen molar-refractivity contribution in [1.82, 2.24) is 0 Å². The lowest BCUT2D eigenvalue weighted by atomic mass is 9.93. The predicted molar refractivity (Wildman–Crippen MR) is 247 cm³/mol. The lowest BCUT2D eigenvalue weighted by Crippen LogP contribution is -2.10. The van der Waals surface area contributed by atoms with Gasteiger partial charge in [0.15, 0.2) is 0 Å². The van der Waals surface area contributed by atoms with E-state index in [-0.39, 0.29) is 0 Å². The Labute approximate surface area is 335 Å². The molecule has 0 N–H and O–H groups in total. The van der Waals surface area contributed by atoms with E-state index >= 15 is 0 Å². The molecule has 0 spiro atoms. The zero-order valence-electron chi connectivity index (χ0n) is 31.6. The molecule has 0 fully saturated rings. The summed E-state index contributed by atoms with van der Waals surface area (Å²) in [5, 5.41) is 14.6. The lowest BCUT2D eigenvalue weighted by Gasteiger charge is -2.26. The van der Waals surface area contributed by atoms with Gasteiger partial charge in [-0.2, -0.15) is 0 Å². The van der Waals surface area contributed by atoms with Crippen LogP contribution in [0.1, 0.15) is 0 Å². The zero-order valence-corrected chi connectivity index (χ0v) is 31.6. The molecule has 0 amide bonds. The molecule has 0 aliphatic heterocycles. The smallest absolute Gasteiger partial charge is 0.143 e. The van der Waals surface area contributed by atoms with Crippen LogP contribution in [0.3, 0.4) is 0 Å². The fraction of sp³-hybridized carbons (Fsp3) is 0. The Morgan fingerprint density at radius 3 is 1.29 bits per heavy atom. The van der Waals surface area contributed by atoms with Gasteiger partial charge in [0.1, 0.15) is 11.2 Å². The lowest BCUT2D eigenvalue weighted by molar-refractivity contribution is 0.672. The molecule has 1 aromatic heterocycles. The molecule has 0 atom stereocenters. The minimum absolute atomic E-state index is 0.904. The predicted octanol–water partition coefficient (Wildman–Crippen LogP) is 16.2. The summed E-state index contributed by atoms with van der Waals surface area (Å²) in [6.07, 6.45) is 0. The molecule has 12 rings (SSSR count). The van der Waals surface area contributed by atoms with Crippen molar-refractivity contribution in [3.05, 3.63) is 212 Å². The van der Waals surface area contributed by atoms with Crippen LogP contribution in [0.4, 0.5) is 17.1 Å². The van der Waals surface area contributed by atoms with E-state index in [2.05, 4.69) is 211 Å². The second-order valence-electron chi connectivity index (χ2n) is 15.3. The largest absolute Gasteiger partial charge is 0.455 e. The number of para-hydroxylation sites is 1. The van der Waals surface area contributed by atoms with Gasteiger partial charge in [0.05, 0.1) is 0 Å². The number of fused-ring (bicyclic) bond motifs is 11. The molecule has 0 aliphatic carbocycles. The highest BCUT2D eigenvalue weighted by molar-refractivity contribution is 6.17. The molecule has 0 saturated carbocycles. The topological polar surface area (TPSA) is 16.4 Å². The van der Waals surface area contributed by atoms with Crippen molar-refractivity contribution in [3.8, 4) is 22.3 Å². The van der Waals surface area contributed by atoms with E-state index in [0.29, 0.717) is 0 Å². The molecule has 2 heteroatoms. The number of rotatable bonds is 5. The number of nitrogens with zero attached hydrogens (tertiary/aromatic N) is 1. The summed E-state index contributed by atoms with van der Waals surface area (Å²) < 4.78 is 6.55. The monoisotopic (exact) mass is 737 g/mol. The van der Waals surface area contributed by atoms with E-state index in [0.717, 1.165) is 49.8 Å². The molecule has 12 aromatic rings. The van der Waals surface area contributed by atoms with Gasteiger partial charge in [0.2, 0.25) is 0 Å². The zero-order chi connectivity index (χ0) is 38.2. The van der Waals surface area contributed by atoms with Crippen molar-refractivity contribution in [2.45, 2.75) is 0 Å². The first-order valence-corrected chi connectivity index (χ1v) is 19.9. The van der Waals surface area contributed by atoms with Crippen LogP contribution in [0.5, 0.6) is 0 Å². The summed E-state index contributed by atoms with van der Waals surface area (Å²) in [6.45, 7) is 0. The normalized spacial score (nSPS) is 11.8. The number of anilines is 3. The quantitative estimate of drug-likeness (QED) is 0.164. The van der Waals surface area contributed by atoms with E-state index < -0.39 is 0 Å². The highest BCUT2D eigenvalue weighted by Crippen LogP contribution is 2.43. The molecule has 1 heterocycles. The van der Waals surface area contributed by atoms with Crippen LogP contribution < -0.4 is 4.90 Å². The van der Waals surface area contributed by atoms with E-state index in [1.165, 1.54) is 65.3 Å². The molecule has 58 heavy (non-hydrogen) atoms. The summed E-state index contributed by atoms with van der Waals surface area (Å²) in [6, 6.07) is 77.1. The third-order valence-electron chi connectivity index (χ3n) is 12.0. The van der Waals surface area contributed by atoms with Gasteiger partial charge in [-0.1, -0.05) is 152 Å². The maximum absolute atomic E-state index is 6.55. The molecule has 2 nitrogen and oxygen atoms in total. The molecule has 0 saturated heterocycles. The third kappa shape index (κ3) is 5.12. The van der Waals surface area contributed by atoms with Crippen LogP contribution in [-0.2, 0) is 0 Å². The molecule has 0 radical (unpaired) electrons. The van der Waals surface area contributed by atoms with Gasteiger partial charge < -0.3 is 9.32 Å². The van der Waals surface area contributed by atoms with Gasteiger partial charge in [0.25, 0.3) is 0 Å². The van der Waals surface area contributed by atoms with Gasteiger partial charge in [-0.3, -0.25) is 0 Å². The van der Waals surface area contributed by atoms with Gasteiger partial charge >= 0.3 is 0 Å². The highest BCUT2D eigenvalue weighted by atomic mass is 16.3. The Morgan fingerprint density at radius 1 is 0.276 bits per heavy atom. The Kier molecular flexibility index (Phi) is 7.26. The van der Waals surface area contributed by atoms with E-state index in [4.69, 9.17) is 4.42 Å². The summed E-state index contributed by atoms with van der Waals surface area (Å²) in [5.74, 6) is 0. The van der Waals surface area contributed by atoms with E-state index in [1.807, 2.05) is 6.07 Å². The number of hydrogen-bond donors (Lipinski definition) is 0. The minimum atomic E-state index is 0.904. The summed E-state index contributed by atoms with van der Waals surface area (Å²) >= 11 is 0.